The Morgan fingerprint density at radius 2 is 1.67 bits per heavy atom. The van der Waals surface area contributed by atoms with E-state index < -0.39 is 6.09 Å². The van der Waals surface area contributed by atoms with E-state index in [4.69, 9.17) is 4.74 Å². The molecular weight excluding hydrogens is 460 g/mol. The van der Waals surface area contributed by atoms with Crippen molar-refractivity contribution in [1.29, 1.82) is 0 Å². The van der Waals surface area contributed by atoms with E-state index in [9.17, 15) is 14.4 Å². The maximum absolute atomic E-state index is 13.5. The summed E-state index contributed by atoms with van der Waals surface area (Å²) in [6.07, 6.45) is -0.474. The smallest absolute Gasteiger partial charge is 0.411 e. The Kier molecular flexibility index (Phi) is 5.95. The number of rotatable bonds is 6. The first-order chi connectivity index (χ1) is 17.5. The van der Waals surface area contributed by atoms with E-state index in [-0.39, 0.29) is 18.1 Å². The second-order valence-electron chi connectivity index (χ2n) is 8.15. The maximum atomic E-state index is 13.5. The number of ether oxygens (including phenoxy) is 2. The quantitative estimate of drug-likeness (QED) is 0.324. The number of anilines is 2. The summed E-state index contributed by atoms with van der Waals surface area (Å²) in [6.45, 7) is 0. The average Bonchev–Trinajstić information content (AvgIpc) is 3.45. The number of H-pyrrole nitrogens is 1. The first-order valence-electron chi connectivity index (χ1n) is 11.1. The highest BCUT2D eigenvalue weighted by atomic mass is 16.5. The largest absolute Gasteiger partial charge is 0.497 e. The van der Waals surface area contributed by atoms with Crippen LogP contribution in [0.2, 0.25) is 0 Å². The molecule has 0 saturated heterocycles. The molecule has 1 aliphatic carbocycles. The van der Waals surface area contributed by atoms with Gasteiger partial charge in [0.25, 0.3) is 0 Å². The zero-order valence-electron chi connectivity index (χ0n) is 19.5. The predicted octanol–water partition coefficient (Wildman–Crippen LogP) is 4.66. The topological polar surface area (TPSA) is 122 Å². The number of nitrogens with zero attached hydrogens (tertiary/aromatic N) is 1. The Bertz CT molecular complexity index is 1470. The number of aromatic nitrogens is 2. The van der Waals surface area contributed by atoms with E-state index in [1.54, 1.807) is 43.5 Å². The molecule has 0 atom stereocenters. The molecule has 2 amide bonds. The molecule has 0 fully saturated rings. The molecule has 0 bridgehead atoms. The fraction of sp³-hybridized carbons (Fsp3) is 0.111. The van der Waals surface area contributed by atoms with Crippen LogP contribution in [0.5, 0.6) is 5.75 Å². The number of amides is 2. The van der Waals surface area contributed by atoms with Gasteiger partial charge in [0.1, 0.15) is 11.4 Å². The normalized spacial score (nSPS) is 11.4. The summed E-state index contributed by atoms with van der Waals surface area (Å²) in [5, 5.41) is 12.8. The summed E-state index contributed by atoms with van der Waals surface area (Å²) >= 11 is 0. The number of methoxy groups -OCH3 is 2. The van der Waals surface area contributed by atoms with Crippen LogP contribution in [0.1, 0.15) is 21.5 Å². The molecule has 0 spiro atoms. The molecule has 0 radical (unpaired) electrons. The molecule has 3 N–H and O–H groups in total. The van der Waals surface area contributed by atoms with Crippen LogP contribution in [-0.4, -0.2) is 42.2 Å². The molecule has 180 valence electrons. The van der Waals surface area contributed by atoms with Crippen LogP contribution in [0, 0.1) is 0 Å². The van der Waals surface area contributed by atoms with Gasteiger partial charge >= 0.3 is 6.09 Å². The third-order valence-corrected chi connectivity index (χ3v) is 5.94. The molecular formula is C27H22N4O5. The van der Waals surface area contributed by atoms with Crippen molar-refractivity contribution in [2.45, 2.75) is 6.42 Å². The minimum Gasteiger partial charge on any atom is -0.497 e. The number of carbonyl (C=O) groups excluding carboxylic acids is 3. The molecule has 1 heterocycles. The highest BCUT2D eigenvalue weighted by Crippen LogP contribution is 2.43. The molecule has 1 aromatic heterocycles. The zero-order valence-corrected chi connectivity index (χ0v) is 19.5. The first kappa shape index (κ1) is 22.9. The lowest BCUT2D eigenvalue weighted by molar-refractivity contribution is -0.115. The van der Waals surface area contributed by atoms with Gasteiger partial charge in [0.05, 0.1) is 43.1 Å². The summed E-state index contributed by atoms with van der Waals surface area (Å²) in [5.41, 5.74) is 5.31. The number of aromatic amines is 1. The monoisotopic (exact) mass is 482 g/mol. The molecule has 4 aromatic rings. The molecule has 0 unspecified atom stereocenters. The second kappa shape index (κ2) is 9.38. The van der Waals surface area contributed by atoms with E-state index in [2.05, 4.69) is 25.6 Å². The van der Waals surface area contributed by atoms with E-state index in [0.29, 0.717) is 45.2 Å². The van der Waals surface area contributed by atoms with Gasteiger partial charge in [-0.25, -0.2) is 4.79 Å². The van der Waals surface area contributed by atoms with Gasteiger partial charge in [-0.1, -0.05) is 24.3 Å². The Hall–Kier alpha value is -4.92. The van der Waals surface area contributed by atoms with Crippen LogP contribution in [0.15, 0.2) is 66.7 Å². The molecule has 36 heavy (non-hydrogen) atoms. The number of hydrogen-bond donors (Lipinski definition) is 3. The van der Waals surface area contributed by atoms with Crippen LogP contribution in [-0.2, 0) is 16.0 Å². The predicted molar refractivity (Wildman–Crippen MR) is 134 cm³/mol. The highest BCUT2D eigenvalue weighted by Gasteiger charge is 2.35. The SMILES string of the molecule is COC(=O)Nc1ccc(CC(=O)Nc2cccc3c2C(=O)c2c(-c4ccc(OC)cc4)n[nH]c2-3)cc1. The van der Waals surface area contributed by atoms with Gasteiger partial charge in [-0.05, 0) is 48.0 Å². The van der Waals surface area contributed by atoms with Gasteiger partial charge in [-0.3, -0.25) is 20.0 Å². The van der Waals surface area contributed by atoms with Gasteiger partial charge in [0, 0.05) is 16.8 Å². The van der Waals surface area contributed by atoms with Crippen LogP contribution in [0.3, 0.4) is 0 Å². The second-order valence-corrected chi connectivity index (χ2v) is 8.15. The van der Waals surface area contributed by atoms with Crippen molar-refractivity contribution in [3.05, 3.63) is 83.4 Å². The molecule has 0 saturated carbocycles. The minimum absolute atomic E-state index is 0.0975. The molecule has 0 aliphatic heterocycles. The van der Waals surface area contributed by atoms with Crippen molar-refractivity contribution >= 4 is 29.2 Å². The van der Waals surface area contributed by atoms with Gasteiger partial charge < -0.3 is 14.8 Å². The molecule has 5 rings (SSSR count). The molecule has 9 heteroatoms. The van der Waals surface area contributed by atoms with Gasteiger partial charge in [-0.2, -0.15) is 5.10 Å². The van der Waals surface area contributed by atoms with Gasteiger partial charge in [-0.15, -0.1) is 0 Å². The number of ketones is 1. The third kappa shape index (κ3) is 4.18. The summed E-state index contributed by atoms with van der Waals surface area (Å²) in [6, 6.07) is 19.5. The summed E-state index contributed by atoms with van der Waals surface area (Å²) < 4.78 is 9.78. The molecule has 9 nitrogen and oxygen atoms in total. The first-order valence-corrected chi connectivity index (χ1v) is 11.1. The Morgan fingerprint density at radius 1 is 0.917 bits per heavy atom. The van der Waals surface area contributed by atoms with Crippen molar-refractivity contribution < 1.29 is 23.9 Å². The number of fused-ring (bicyclic) bond motifs is 3. The highest BCUT2D eigenvalue weighted by molar-refractivity contribution is 6.27. The molecule has 1 aliphatic rings. The Labute approximate surface area is 206 Å². The zero-order chi connectivity index (χ0) is 25.2. The van der Waals surface area contributed by atoms with E-state index >= 15 is 0 Å². The third-order valence-electron chi connectivity index (χ3n) is 5.94. The summed E-state index contributed by atoms with van der Waals surface area (Å²) in [4.78, 5) is 37.6. The Balaban J connectivity index is 1.35. The summed E-state index contributed by atoms with van der Waals surface area (Å²) in [7, 11) is 2.88. The number of nitrogens with one attached hydrogen (secondary N) is 3. The fourth-order valence-electron chi connectivity index (χ4n) is 4.20. The lowest BCUT2D eigenvalue weighted by Gasteiger charge is -2.10. The Morgan fingerprint density at radius 3 is 2.36 bits per heavy atom. The van der Waals surface area contributed by atoms with E-state index in [1.165, 1.54) is 7.11 Å². The lowest BCUT2D eigenvalue weighted by atomic mass is 10.0. The average molecular weight is 482 g/mol. The van der Waals surface area contributed by atoms with Crippen LogP contribution < -0.4 is 15.4 Å². The number of hydrogen-bond acceptors (Lipinski definition) is 6. The van der Waals surface area contributed by atoms with Crippen molar-refractivity contribution in [2.75, 3.05) is 24.9 Å². The van der Waals surface area contributed by atoms with Crippen LogP contribution >= 0.6 is 0 Å². The van der Waals surface area contributed by atoms with Crippen molar-refractivity contribution in [2.24, 2.45) is 0 Å². The number of carbonyl (C=O) groups is 3. The fourth-order valence-corrected chi connectivity index (χ4v) is 4.20. The van der Waals surface area contributed by atoms with Crippen molar-refractivity contribution in [3.63, 3.8) is 0 Å². The summed E-state index contributed by atoms with van der Waals surface area (Å²) in [5.74, 6) is 0.238. The van der Waals surface area contributed by atoms with Crippen LogP contribution in [0.4, 0.5) is 16.2 Å². The van der Waals surface area contributed by atoms with Gasteiger partial charge in [0.2, 0.25) is 5.91 Å². The minimum atomic E-state index is -0.571. The molecule has 3 aromatic carbocycles. The van der Waals surface area contributed by atoms with Crippen molar-refractivity contribution in [3.8, 4) is 28.3 Å². The standard InChI is InChI=1S/C27H22N4O5/c1-35-18-12-8-16(9-13-18)24-23-25(31-30-24)19-4-3-5-20(22(19)26(23)33)29-21(32)14-15-6-10-17(11-7-15)28-27(34)36-2/h3-13H,14H2,1-2H3,(H,28,34)(H,29,32)(H,30,31). The van der Waals surface area contributed by atoms with Crippen LogP contribution in [0.25, 0.3) is 22.5 Å². The van der Waals surface area contributed by atoms with E-state index in [1.807, 2.05) is 30.3 Å². The van der Waals surface area contributed by atoms with Gasteiger partial charge in [0.15, 0.2) is 5.78 Å². The lowest BCUT2D eigenvalue weighted by Crippen LogP contribution is -2.16. The number of benzene rings is 3. The van der Waals surface area contributed by atoms with Crippen molar-refractivity contribution in [1.82, 2.24) is 10.2 Å². The maximum Gasteiger partial charge on any atom is 0.411 e. The van der Waals surface area contributed by atoms with E-state index in [0.717, 1.165) is 11.1 Å².